The van der Waals surface area contributed by atoms with E-state index >= 15 is 0 Å². The summed E-state index contributed by atoms with van der Waals surface area (Å²) in [7, 11) is -4.05. The first kappa shape index (κ1) is 17.7. The van der Waals surface area contributed by atoms with Crippen molar-refractivity contribution in [2.75, 3.05) is 6.54 Å². The first-order valence-corrected chi connectivity index (χ1v) is 9.33. The third-order valence-electron chi connectivity index (χ3n) is 3.63. The van der Waals surface area contributed by atoms with Crippen molar-refractivity contribution >= 4 is 27.0 Å². The highest BCUT2D eigenvalue weighted by atomic mass is 32.2. The molecule has 8 heteroatoms. The number of urea groups is 1. The number of sulfonamides is 1. The van der Waals surface area contributed by atoms with Gasteiger partial charge in [-0.05, 0) is 31.2 Å². The van der Waals surface area contributed by atoms with Crippen LogP contribution in [-0.4, -0.2) is 21.0 Å². The van der Waals surface area contributed by atoms with E-state index in [4.69, 9.17) is 4.42 Å². The van der Waals surface area contributed by atoms with Gasteiger partial charge < -0.3 is 9.73 Å². The zero-order valence-electron chi connectivity index (χ0n) is 13.9. The maximum absolute atomic E-state index is 12.3. The van der Waals surface area contributed by atoms with Crippen molar-refractivity contribution in [1.82, 2.24) is 10.0 Å². The van der Waals surface area contributed by atoms with Crippen molar-refractivity contribution in [2.45, 2.75) is 11.8 Å². The fourth-order valence-corrected chi connectivity index (χ4v) is 3.41. The molecule has 0 saturated carbocycles. The Balaban J connectivity index is 2.02. The Bertz CT molecular complexity index is 1140. The number of hydrogen-bond donors (Lipinski definition) is 2. The van der Waals surface area contributed by atoms with Crippen molar-refractivity contribution in [3.63, 3.8) is 0 Å². The molecule has 0 spiro atoms. The van der Waals surface area contributed by atoms with E-state index in [0.29, 0.717) is 23.1 Å². The SMILES string of the molecule is CCNC(=O)NS(=O)(=O)c1cccc(-c2cc(=O)c3ccccc3o2)c1. The lowest BCUT2D eigenvalue weighted by molar-refractivity contribution is 0.246. The molecule has 3 rings (SSSR count). The Morgan fingerprint density at radius 3 is 2.62 bits per heavy atom. The Morgan fingerprint density at radius 2 is 1.85 bits per heavy atom. The van der Waals surface area contributed by atoms with Crippen LogP contribution in [0.5, 0.6) is 0 Å². The normalized spacial score (nSPS) is 11.3. The summed E-state index contributed by atoms with van der Waals surface area (Å²) >= 11 is 0. The molecule has 0 unspecified atom stereocenters. The molecule has 0 saturated heterocycles. The quantitative estimate of drug-likeness (QED) is 0.732. The number of para-hydroxylation sites is 1. The molecule has 0 aliphatic carbocycles. The Morgan fingerprint density at radius 1 is 1.08 bits per heavy atom. The molecule has 0 atom stereocenters. The van der Waals surface area contributed by atoms with Crippen molar-refractivity contribution in [3.05, 3.63) is 64.8 Å². The summed E-state index contributed by atoms with van der Waals surface area (Å²) in [5, 5.41) is 2.80. The zero-order valence-corrected chi connectivity index (χ0v) is 14.7. The van der Waals surface area contributed by atoms with E-state index in [9.17, 15) is 18.0 Å². The highest BCUT2D eigenvalue weighted by Crippen LogP contribution is 2.24. The molecule has 7 nitrogen and oxygen atoms in total. The largest absolute Gasteiger partial charge is 0.456 e. The van der Waals surface area contributed by atoms with E-state index in [1.54, 1.807) is 37.3 Å². The monoisotopic (exact) mass is 372 g/mol. The summed E-state index contributed by atoms with van der Waals surface area (Å²) in [4.78, 5) is 23.6. The second-order valence-electron chi connectivity index (χ2n) is 5.46. The zero-order chi connectivity index (χ0) is 18.7. The number of fused-ring (bicyclic) bond motifs is 1. The van der Waals surface area contributed by atoms with Crippen LogP contribution in [0.4, 0.5) is 4.79 Å². The van der Waals surface area contributed by atoms with Gasteiger partial charge in [-0.1, -0.05) is 24.3 Å². The molecule has 1 heterocycles. The number of carbonyl (C=O) groups excluding carboxylic acids is 1. The number of amides is 2. The minimum atomic E-state index is -4.05. The van der Waals surface area contributed by atoms with E-state index < -0.39 is 16.1 Å². The van der Waals surface area contributed by atoms with E-state index in [2.05, 4.69) is 5.32 Å². The number of carbonyl (C=O) groups is 1. The fourth-order valence-electron chi connectivity index (χ4n) is 2.44. The number of benzene rings is 2. The van der Waals surface area contributed by atoms with Crippen molar-refractivity contribution in [1.29, 1.82) is 0 Å². The van der Waals surface area contributed by atoms with Gasteiger partial charge in [-0.2, -0.15) is 0 Å². The third-order valence-corrected chi connectivity index (χ3v) is 4.96. The van der Waals surface area contributed by atoms with Crippen LogP contribution < -0.4 is 15.5 Å². The summed E-state index contributed by atoms with van der Waals surface area (Å²) in [6.45, 7) is 1.97. The molecular formula is C18H16N2O5S. The summed E-state index contributed by atoms with van der Waals surface area (Å²) in [5.74, 6) is 0.240. The Labute approximate surface area is 149 Å². The highest BCUT2D eigenvalue weighted by Gasteiger charge is 2.18. The van der Waals surface area contributed by atoms with E-state index in [0.717, 1.165) is 0 Å². The maximum Gasteiger partial charge on any atom is 0.328 e. The minimum absolute atomic E-state index is 0.114. The van der Waals surface area contributed by atoms with Gasteiger partial charge in [0.05, 0.1) is 10.3 Å². The Kier molecular flexibility index (Phi) is 4.77. The summed E-state index contributed by atoms with van der Waals surface area (Å²) in [6, 6.07) is 13.1. The summed E-state index contributed by atoms with van der Waals surface area (Å²) in [5.41, 5.74) is 0.589. The Hall–Kier alpha value is -3.13. The van der Waals surface area contributed by atoms with Gasteiger partial charge in [0.2, 0.25) is 0 Å². The van der Waals surface area contributed by atoms with Gasteiger partial charge in [0.15, 0.2) is 5.43 Å². The molecule has 0 fully saturated rings. The molecule has 134 valence electrons. The molecule has 2 N–H and O–H groups in total. The lowest BCUT2D eigenvalue weighted by atomic mass is 10.1. The lowest BCUT2D eigenvalue weighted by Gasteiger charge is -2.09. The molecule has 2 aromatic carbocycles. The van der Waals surface area contributed by atoms with Crippen molar-refractivity contribution in [2.24, 2.45) is 0 Å². The van der Waals surface area contributed by atoms with Gasteiger partial charge in [0.1, 0.15) is 11.3 Å². The van der Waals surface area contributed by atoms with Crippen LogP contribution >= 0.6 is 0 Å². The molecule has 0 bridgehead atoms. The molecule has 1 aromatic heterocycles. The second kappa shape index (κ2) is 7.01. The maximum atomic E-state index is 12.3. The fraction of sp³-hybridized carbons (Fsp3) is 0.111. The third kappa shape index (κ3) is 3.60. The predicted octanol–water partition coefficient (Wildman–Crippen LogP) is 2.47. The van der Waals surface area contributed by atoms with E-state index in [-0.39, 0.29) is 16.1 Å². The smallest absolute Gasteiger partial charge is 0.328 e. The molecule has 2 amide bonds. The molecule has 3 aromatic rings. The van der Waals surface area contributed by atoms with Crippen LogP contribution in [-0.2, 0) is 10.0 Å². The van der Waals surface area contributed by atoms with Crippen LogP contribution in [0.3, 0.4) is 0 Å². The van der Waals surface area contributed by atoms with Gasteiger partial charge in [0.25, 0.3) is 10.0 Å². The number of nitrogens with one attached hydrogen (secondary N) is 2. The van der Waals surface area contributed by atoms with Crippen molar-refractivity contribution in [3.8, 4) is 11.3 Å². The van der Waals surface area contributed by atoms with Crippen LogP contribution in [0.2, 0.25) is 0 Å². The van der Waals surface area contributed by atoms with Gasteiger partial charge >= 0.3 is 6.03 Å². The standard InChI is InChI=1S/C18H16N2O5S/c1-2-19-18(22)20-26(23,24)13-7-5-6-12(10-13)17-11-15(21)14-8-3-4-9-16(14)25-17/h3-11H,2H2,1H3,(H2,19,20,22). The van der Waals surface area contributed by atoms with E-state index in [1.165, 1.54) is 24.3 Å². The lowest BCUT2D eigenvalue weighted by Crippen LogP contribution is -2.39. The molecule has 0 radical (unpaired) electrons. The average molecular weight is 372 g/mol. The van der Waals surface area contributed by atoms with Gasteiger partial charge in [-0.15, -0.1) is 0 Å². The average Bonchev–Trinajstić information content (AvgIpc) is 2.61. The van der Waals surface area contributed by atoms with E-state index in [1.807, 2.05) is 4.72 Å². The molecule has 26 heavy (non-hydrogen) atoms. The predicted molar refractivity (Wildman–Crippen MR) is 97.3 cm³/mol. The topological polar surface area (TPSA) is 105 Å². The second-order valence-corrected chi connectivity index (χ2v) is 7.15. The van der Waals surface area contributed by atoms with Gasteiger partial charge in [0, 0.05) is 18.2 Å². The summed E-state index contributed by atoms with van der Waals surface area (Å²) < 4.78 is 32.3. The molecular weight excluding hydrogens is 356 g/mol. The van der Waals surface area contributed by atoms with Crippen LogP contribution in [0.15, 0.2) is 68.7 Å². The van der Waals surface area contributed by atoms with Crippen LogP contribution in [0, 0.1) is 0 Å². The number of hydrogen-bond acceptors (Lipinski definition) is 5. The van der Waals surface area contributed by atoms with Gasteiger partial charge in [-0.3, -0.25) is 4.79 Å². The van der Waals surface area contributed by atoms with Crippen LogP contribution in [0.1, 0.15) is 6.92 Å². The molecule has 0 aliphatic rings. The van der Waals surface area contributed by atoms with Crippen LogP contribution in [0.25, 0.3) is 22.3 Å². The minimum Gasteiger partial charge on any atom is -0.456 e. The highest BCUT2D eigenvalue weighted by molar-refractivity contribution is 7.90. The number of rotatable bonds is 4. The van der Waals surface area contributed by atoms with Gasteiger partial charge in [-0.25, -0.2) is 17.9 Å². The molecule has 0 aliphatic heterocycles. The summed E-state index contributed by atoms with van der Waals surface area (Å²) in [6.07, 6.45) is 0. The first-order valence-electron chi connectivity index (χ1n) is 7.84. The van der Waals surface area contributed by atoms with Crippen molar-refractivity contribution < 1.29 is 17.6 Å². The first-order chi connectivity index (χ1) is 12.4.